The smallest absolute Gasteiger partial charge is 0.248 e. The van der Waals surface area contributed by atoms with Gasteiger partial charge in [0.2, 0.25) is 5.91 Å². The minimum atomic E-state index is -0.395. The number of nitrogens with two attached hydrogens (primary N) is 2. The van der Waals surface area contributed by atoms with Crippen molar-refractivity contribution in [1.29, 1.82) is 0 Å². The largest absolute Gasteiger partial charge is 0.398 e. The number of primary amides is 1. The lowest BCUT2D eigenvalue weighted by Gasteiger charge is -2.31. The number of rotatable bonds is 2. The van der Waals surface area contributed by atoms with E-state index in [4.69, 9.17) is 11.5 Å². The van der Waals surface area contributed by atoms with Gasteiger partial charge in [0, 0.05) is 30.0 Å². The molecule has 1 aliphatic heterocycles. The van der Waals surface area contributed by atoms with Crippen LogP contribution in [-0.2, 0) is 13.0 Å². The molecule has 0 aromatic heterocycles. The molecule has 0 spiro atoms. The van der Waals surface area contributed by atoms with Crippen LogP contribution in [0.4, 0.5) is 11.4 Å². The topological polar surface area (TPSA) is 72.4 Å². The van der Waals surface area contributed by atoms with Gasteiger partial charge >= 0.3 is 0 Å². The van der Waals surface area contributed by atoms with Gasteiger partial charge in [0.1, 0.15) is 0 Å². The summed E-state index contributed by atoms with van der Waals surface area (Å²) in [5.74, 6) is -0.395. The molecule has 3 rings (SSSR count). The summed E-state index contributed by atoms with van der Waals surface area (Å²) in [6.45, 7) is 1.77. The van der Waals surface area contributed by atoms with Crippen molar-refractivity contribution in [2.24, 2.45) is 5.73 Å². The minimum absolute atomic E-state index is 0.395. The summed E-state index contributed by atoms with van der Waals surface area (Å²) >= 11 is 0. The maximum Gasteiger partial charge on any atom is 0.248 e. The van der Waals surface area contributed by atoms with Gasteiger partial charge in [0.05, 0.1) is 0 Å². The molecule has 1 aliphatic rings. The molecule has 1 amide bonds. The Kier molecular flexibility index (Phi) is 3.06. The average Bonchev–Trinajstić information content (AvgIpc) is 2.47. The lowest BCUT2D eigenvalue weighted by molar-refractivity contribution is 0.100. The number of amides is 1. The van der Waals surface area contributed by atoms with Crippen molar-refractivity contribution in [3.63, 3.8) is 0 Å². The van der Waals surface area contributed by atoms with Gasteiger partial charge in [-0.05, 0) is 47.9 Å². The summed E-state index contributed by atoms with van der Waals surface area (Å²) in [5.41, 5.74) is 16.3. The number of nitrogens with zero attached hydrogens (tertiary/aromatic N) is 1. The molecule has 4 nitrogen and oxygen atoms in total. The maximum absolute atomic E-state index is 11.1. The third kappa shape index (κ3) is 2.20. The molecule has 0 bridgehead atoms. The number of hydrogen-bond donors (Lipinski definition) is 2. The number of anilines is 2. The highest BCUT2D eigenvalue weighted by Crippen LogP contribution is 2.27. The Morgan fingerprint density at radius 2 is 1.85 bits per heavy atom. The van der Waals surface area contributed by atoms with Crippen LogP contribution in [0.15, 0.2) is 42.5 Å². The van der Waals surface area contributed by atoms with Crippen molar-refractivity contribution in [2.45, 2.75) is 13.0 Å². The number of fused-ring (bicyclic) bond motifs is 1. The SMILES string of the molecule is NC(=O)c1ccc(N2CCc3c(N)cccc3C2)cc1. The lowest BCUT2D eigenvalue weighted by atomic mass is 9.97. The quantitative estimate of drug-likeness (QED) is 0.817. The van der Waals surface area contributed by atoms with Gasteiger partial charge in [-0.15, -0.1) is 0 Å². The van der Waals surface area contributed by atoms with E-state index >= 15 is 0 Å². The summed E-state index contributed by atoms with van der Waals surface area (Å²) in [7, 11) is 0. The molecule has 0 saturated heterocycles. The molecule has 4 heteroatoms. The summed E-state index contributed by atoms with van der Waals surface area (Å²) in [4.78, 5) is 13.4. The van der Waals surface area contributed by atoms with Crippen LogP contribution in [0.3, 0.4) is 0 Å². The first-order valence-electron chi connectivity index (χ1n) is 6.66. The maximum atomic E-state index is 11.1. The second kappa shape index (κ2) is 4.89. The highest BCUT2D eigenvalue weighted by atomic mass is 16.1. The zero-order chi connectivity index (χ0) is 14.1. The van der Waals surface area contributed by atoms with Gasteiger partial charge in [0.25, 0.3) is 0 Å². The van der Waals surface area contributed by atoms with E-state index in [0.717, 1.165) is 30.9 Å². The Morgan fingerprint density at radius 1 is 1.10 bits per heavy atom. The molecule has 2 aromatic carbocycles. The standard InChI is InChI=1S/C16H17N3O/c17-15-3-1-2-12-10-19(9-8-14(12)15)13-6-4-11(5-7-13)16(18)20/h1-7H,8-10,17H2,(H2,18,20). The fraction of sp³-hybridized carbons (Fsp3) is 0.188. The second-order valence-corrected chi connectivity index (χ2v) is 5.07. The second-order valence-electron chi connectivity index (χ2n) is 5.07. The summed E-state index contributed by atoms with van der Waals surface area (Å²) < 4.78 is 0. The molecule has 0 atom stereocenters. The average molecular weight is 267 g/mol. The van der Waals surface area contributed by atoms with E-state index in [-0.39, 0.29) is 0 Å². The lowest BCUT2D eigenvalue weighted by Crippen LogP contribution is -2.30. The molecule has 0 aliphatic carbocycles. The molecule has 0 fully saturated rings. The molecular formula is C16H17N3O. The fourth-order valence-corrected chi connectivity index (χ4v) is 2.70. The number of carbonyl (C=O) groups excluding carboxylic acids is 1. The Hall–Kier alpha value is -2.49. The zero-order valence-electron chi connectivity index (χ0n) is 11.2. The Labute approximate surface area is 118 Å². The first-order chi connectivity index (χ1) is 9.65. The minimum Gasteiger partial charge on any atom is -0.398 e. The van der Waals surface area contributed by atoms with Gasteiger partial charge < -0.3 is 16.4 Å². The summed E-state index contributed by atoms with van der Waals surface area (Å²) in [5, 5.41) is 0. The Balaban J connectivity index is 1.85. The highest BCUT2D eigenvalue weighted by Gasteiger charge is 2.18. The van der Waals surface area contributed by atoms with E-state index in [0.29, 0.717) is 5.56 Å². The van der Waals surface area contributed by atoms with Crippen LogP contribution in [0.1, 0.15) is 21.5 Å². The van der Waals surface area contributed by atoms with Crippen molar-refractivity contribution < 1.29 is 4.79 Å². The third-order valence-corrected chi connectivity index (χ3v) is 3.82. The van der Waals surface area contributed by atoms with Gasteiger partial charge in [-0.25, -0.2) is 0 Å². The molecule has 4 N–H and O–H groups in total. The monoisotopic (exact) mass is 267 g/mol. The van der Waals surface area contributed by atoms with Gasteiger partial charge in [-0.2, -0.15) is 0 Å². The van der Waals surface area contributed by atoms with Crippen molar-refractivity contribution in [3.8, 4) is 0 Å². The van der Waals surface area contributed by atoms with Gasteiger partial charge in [-0.3, -0.25) is 4.79 Å². The van der Waals surface area contributed by atoms with Crippen LogP contribution < -0.4 is 16.4 Å². The van der Waals surface area contributed by atoms with E-state index in [1.807, 2.05) is 24.3 Å². The molecule has 0 unspecified atom stereocenters. The molecule has 20 heavy (non-hydrogen) atoms. The van der Waals surface area contributed by atoms with Crippen molar-refractivity contribution >= 4 is 17.3 Å². The predicted molar refractivity (Wildman–Crippen MR) is 80.6 cm³/mol. The number of benzene rings is 2. The van der Waals surface area contributed by atoms with Crippen LogP contribution in [0, 0.1) is 0 Å². The zero-order valence-corrected chi connectivity index (χ0v) is 11.2. The van der Waals surface area contributed by atoms with E-state index < -0.39 is 5.91 Å². The third-order valence-electron chi connectivity index (χ3n) is 3.82. The van der Waals surface area contributed by atoms with Crippen LogP contribution in [0.2, 0.25) is 0 Å². The first-order valence-corrected chi connectivity index (χ1v) is 6.66. The normalized spacial score (nSPS) is 13.9. The van der Waals surface area contributed by atoms with E-state index in [2.05, 4.69) is 11.0 Å². The first kappa shape index (κ1) is 12.5. The van der Waals surface area contributed by atoms with Gasteiger partial charge in [-0.1, -0.05) is 12.1 Å². The van der Waals surface area contributed by atoms with Crippen LogP contribution in [-0.4, -0.2) is 12.5 Å². The Morgan fingerprint density at radius 3 is 2.55 bits per heavy atom. The highest BCUT2D eigenvalue weighted by molar-refractivity contribution is 5.93. The summed E-state index contributed by atoms with van der Waals surface area (Å²) in [6, 6.07) is 13.5. The molecule has 0 radical (unpaired) electrons. The van der Waals surface area contributed by atoms with Crippen LogP contribution in [0.25, 0.3) is 0 Å². The van der Waals surface area contributed by atoms with Crippen molar-refractivity contribution in [3.05, 3.63) is 59.2 Å². The molecule has 102 valence electrons. The molecule has 1 heterocycles. The van der Waals surface area contributed by atoms with Crippen molar-refractivity contribution in [1.82, 2.24) is 0 Å². The molecular weight excluding hydrogens is 250 g/mol. The van der Waals surface area contributed by atoms with Crippen LogP contribution in [0.5, 0.6) is 0 Å². The Bertz CT molecular complexity index is 649. The summed E-state index contributed by atoms with van der Waals surface area (Å²) in [6.07, 6.45) is 0.944. The molecule has 2 aromatic rings. The number of hydrogen-bond acceptors (Lipinski definition) is 3. The van der Waals surface area contributed by atoms with E-state index in [9.17, 15) is 4.79 Å². The van der Waals surface area contributed by atoms with Crippen molar-refractivity contribution in [2.75, 3.05) is 17.2 Å². The molecule has 0 saturated carbocycles. The number of nitrogen functional groups attached to an aromatic ring is 1. The van der Waals surface area contributed by atoms with Crippen LogP contribution >= 0.6 is 0 Å². The van der Waals surface area contributed by atoms with Gasteiger partial charge in [0.15, 0.2) is 0 Å². The van der Waals surface area contributed by atoms with E-state index in [1.165, 1.54) is 11.1 Å². The number of carbonyl (C=O) groups is 1. The fourth-order valence-electron chi connectivity index (χ4n) is 2.70. The predicted octanol–water partition coefficient (Wildman–Crippen LogP) is 1.93. The van der Waals surface area contributed by atoms with E-state index in [1.54, 1.807) is 12.1 Å².